The van der Waals surface area contributed by atoms with Crippen LogP contribution in [0.25, 0.3) is 0 Å². The van der Waals surface area contributed by atoms with Crippen molar-refractivity contribution in [3.05, 3.63) is 0 Å². The number of aliphatic hydroxyl groups excluding tert-OH is 4. The molecule has 0 aromatic carbocycles. The zero-order valence-electron chi connectivity index (χ0n) is 11.8. The van der Waals surface area contributed by atoms with Crippen molar-refractivity contribution < 1.29 is 34.6 Å². The molecule has 0 aromatic rings. The second-order valence-electron chi connectivity index (χ2n) is 5.43. The zero-order valence-corrected chi connectivity index (χ0v) is 14.8. The van der Waals surface area contributed by atoms with E-state index in [2.05, 4.69) is 0 Å². The van der Waals surface area contributed by atoms with Gasteiger partial charge >= 0.3 is 0 Å². The van der Waals surface area contributed by atoms with Crippen molar-refractivity contribution in [3.8, 4) is 0 Å². The standard InChI is InChI=1S/C12H18Cl4O7/c13-1-4-6(16)8(18)9(19)11(21-4)23-12(3-15)10(20)7(17)5(2-14)22-12/h4-11,17-20H,1-3H2/t4-,5-,6+,7-,8+,9-,10+,11+,12-/m1/s1. The van der Waals surface area contributed by atoms with Crippen LogP contribution >= 0.6 is 46.4 Å². The van der Waals surface area contributed by atoms with Gasteiger partial charge in [0.25, 0.3) is 0 Å². The van der Waals surface area contributed by atoms with Crippen LogP contribution in [0.4, 0.5) is 0 Å². The Kier molecular flexibility index (Phi) is 7.07. The van der Waals surface area contributed by atoms with Gasteiger partial charge < -0.3 is 34.6 Å². The van der Waals surface area contributed by atoms with E-state index in [4.69, 9.17) is 60.6 Å². The lowest BCUT2D eigenvalue weighted by Crippen LogP contribution is -2.60. The highest BCUT2D eigenvalue weighted by Crippen LogP contribution is 2.38. The first-order chi connectivity index (χ1) is 10.8. The van der Waals surface area contributed by atoms with Crippen LogP contribution in [0.2, 0.25) is 0 Å². The lowest BCUT2D eigenvalue weighted by Gasteiger charge is -2.43. The van der Waals surface area contributed by atoms with Crippen molar-refractivity contribution in [1.29, 1.82) is 0 Å². The van der Waals surface area contributed by atoms with E-state index in [9.17, 15) is 20.4 Å². The van der Waals surface area contributed by atoms with E-state index in [1.54, 1.807) is 0 Å². The summed E-state index contributed by atoms with van der Waals surface area (Å²) in [7, 11) is 0. The Morgan fingerprint density at radius 3 is 2.00 bits per heavy atom. The highest BCUT2D eigenvalue weighted by molar-refractivity contribution is 6.23. The van der Waals surface area contributed by atoms with Crippen molar-refractivity contribution in [2.75, 3.05) is 17.6 Å². The van der Waals surface area contributed by atoms with Gasteiger partial charge in [0.15, 0.2) is 6.29 Å². The molecule has 0 spiro atoms. The SMILES string of the molecule is O[C@@H]1[C@@H](O)[C@H](O[C@@]2(CCl)O[C@H](CCl)[C@@H](O)[C@@H]2O)O[C@H](CCl)[C@@H]1Cl. The summed E-state index contributed by atoms with van der Waals surface area (Å²) in [5.74, 6) is -2.40. The van der Waals surface area contributed by atoms with Crippen LogP contribution < -0.4 is 0 Å². The number of rotatable bonds is 5. The molecule has 2 aliphatic rings. The predicted octanol–water partition coefficient (Wildman–Crippen LogP) is -0.410. The minimum absolute atomic E-state index is 0.0535. The lowest BCUT2D eigenvalue weighted by molar-refractivity contribution is -0.354. The van der Waals surface area contributed by atoms with Crippen LogP contribution in [-0.4, -0.2) is 92.1 Å². The fourth-order valence-corrected chi connectivity index (χ4v) is 3.72. The molecular weight excluding hydrogens is 398 g/mol. The maximum atomic E-state index is 10.2. The van der Waals surface area contributed by atoms with Crippen LogP contribution in [0, 0.1) is 0 Å². The van der Waals surface area contributed by atoms with Gasteiger partial charge in [-0.25, -0.2) is 0 Å². The van der Waals surface area contributed by atoms with E-state index in [0.29, 0.717) is 0 Å². The minimum atomic E-state index is -1.86. The highest BCUT2D eigenvalue weighted by atomic mass is 35.5. The van der Waals surface area contributed by atoms with E-state index in [-0.39, 0.29) is 17.6 Å². The first kappa shape index (κ1) is 20.2. The molecule has 2 heterocycles. The lowest BCUT2D eigenvalue weighted by atomic mass is 10.0. The molecule has 0 unspecified atom stereocenters. The maximum Gasteiger partial charge on any atom is 0.214 e. The Labute approximate surface area is 152 Å². The Morgan fingerprint density at radius 2 is 1.52 bits per heavy atom. The molecule has 11 heteroatoms. The fraction of sp³-hybridized carbons (Fsp3) is 1.00. The predicted molar refractivity (Wildman–Crippen MR) is 83.2 cm³/mol. The summed E-state index contributed by atoms with van der Waals surface area (Å²) in [6.07, 6.45) is -8.90. The molecule has 2 saturated heterocycles. The second kappa shape index (κ2) is 8.05. The van der Waals surface area contributed by atoms with Gasteiger partial charge in [0.05, 0.1) is 29.1 Å². The largest absolute Gasteiger partial charge is 0.389 e. The Bertz CT molecular complexity index is 404. The molecule has 0 aromatic heterocycles. The molecule has 0 bridgehead atoms. The Balaban J connectivity index is 2.18. The number of ether oxygens (including phenoxy) is 3. The van der Waals surface area contributed by atoms with Crippen LogP contribution in [-0.2, 0) is 14.2 Å². The minimum Gasteiger partial charge on any atom is -0.389 e. The van der Waals surface area contributed by atoms with Gasteiger partial charge in [-0.3, -0.25) is 0 Å². The average Bonchev–Trinajstić information content (AvgIpc) is 2.80. The van der Waals surface area contributed by atoms with Gasteiger partial charge in [0.1, 0.15) is 30.5 Å². The zero-order chi connectivity index (χ0) is 17.4. The van der Waals surface area contributed by atoms with E-state index in [1.807, 2.05) is 0 Å². The molecule has 0 amide bonds. The van der Waals surface area contributed by atoms with Crippen molar-refractivity contribution in [2.45, 2.75) is 54.1 Å². The first-order valence-electron chi connectivity index (χ1n) is 6.86. The molecule has 2 fully saturated rings. The van der Waals surface area contributed by atoms with Gasteiger partial charge in [0, 0.05) is 0 Å². The highest BCUT2D eigenvalue weighted by Gasteiger charge is 2.58. The van der Waals surface area contributed by atoms with Gasteiger partial charge in [-0.1, -0.05) is 0 Å². The first-order valence-corrected chi connectivity index (χ1v) is 8.90. The quantitative estimate of drug-likeness (QED) is 0.452. The molecule has 0 radical (unpaired) electrons. The normalized spacial score (nSPS) is 51.1. The number of alkyl halides is 4. The van der Waals surface area contributed by atoms with Crippen molar-refractivity contribution >= 4 is 46.4 Å². The van der Waals surface area contributed by atoms with E-state index < -0.39 is 54.1 Å². The Hall–Kier alpha value is 0.880. The molecule has 2 aliphatic heterocycles. The van der Waals surface area contributed by atoms with Crippen LogP contribution in [0.15, 0.2) is 0 Å². The maximum absolute atomic E-state index is 10.2. The van der Waals surface area contributed by atoms with Crippen molar-refractivity contribution in [2.24, 2.45) is 0 Å². The van der Waals surface area contributed by atoms with Gasteiger partial charge in [-0.2, -0.15) is 0 Å². The number of hydrogen-bond acceptors (Lipinski definition) is 7. The molecule has 0 aliphatic carbocycles. The number of hydrogen-bond donors (Lipinski definition) is 4. The summed E-state index contributed by atoms with van der Waals surface area (Å²) < 4.78 is 16.3. The molecule has 136 valence electrons. The summed E-state index contributed by atoms with van der Waals surface area (Å²) in [6, 6.07) is 0. The van der Waals surface area contributed by atoms with Crippen LogP contribution in [0.1, 0.15) is 0 Å². The molecule has 23 heavy (non-hydrogen) atoms. The number of aliphatic hydroxyl groups is 4. The molecule has 9 atom stereocenters. The molecule has 4 N–H and O–H groups in total. The summed E-state index contributed by atoms with van der Waals surface area (Å²) >= 11 is 23.1. The summed E-state index contributed by atoms with van der Waals surface area (Å²) in [5.41, 5.74) is 0. The second-order valence-corrected chi connectivity index (χ2v) is 6.82. The number of halogens is 4. The summed E-state index contributed by atoms with van der Waals surface area (Å²) in [5, 5.41) is 39.2. The molecular formula is C12H18Cl4O7. The molecule has 7 nitrogen and oxygen atoms in total. The molecule has 0 saturated carbocycles. The van der Waals surface area contributed by atoms with Crippen LogP contribution in [0.3, 0.4) is 0 Å². The summed E-state index contributed by atoms with van der Waals surface area (Å²) in [4.78, 5) is 0. The van der Waals surface area contributed by atoms with Crippen LogP contribution in [0.5, 0.6) is 0 Å². The van der Waals surface area contributed by atoms with E-state index in [0.717, 1.165) is 0 Å². The smallest absolute Gasteiger partial charge is 0.214 e. The third-order valence-corrected chi connectivity index (χ3v) is 5.45. The topological polar surface area (TPSA) is 109 Å². The third kappa shape index (κ3) is 3.71. The van der Waals surface area contributed by atoms with E-state index in [1.165, 1.54) is 0 Å². The Morgan fingerprint density at radius 1 is 0.913 bits per heavy atom. The summed E-state index contributed by atoms with van der Waals surface area (Å²) in [6.45, 7) is 0. The van der Waals surface area contributed by atoms with Crippen molar-refractivity contribution in [3.63, 3.8) is 0 Å². The van der Waals surface area contributed by atoms with E-state index >= 15 is 0 Å². The fourth-order valence-electron chi connectivity index (χ4n) is 2.53. The van der Waals surface area contributed by atoms with Crippen molar-refractivity contribution in [1.82, 2.24) is 0 Å². The average molecular weight is 416 g/mol. The molecule has 2 rings (SSSR count). The monoisotopic (exact) mass is 414 g/mol. The van der Waals surface area contributed by atoms with Gasteiger partial charge in [0.2, 0.25) is 5.79 Å². The third-order valence-electron chi connectivity index (χ3n) is 3.93. The van der Waals surface area contributed by atoms with Gasteiger partial charge in [-0.15, -0.1) is 46.4 Å². The van der Waals surface area contributed by atoms with Gasteiger partial charge in [-0.05, 0) is 0 Å².